The largest absolute Gasteiger partial charge is 0.507 e. The number of nitrogens with zero attached hydrogens (tertiary/aromatic N) is 3. The third-order valence-corrected chi connectivity index (χ3v) is 5.68. The molecule has 0 radical (unpaired) electrons. The lowest BCUT2D eigenvalue weighted by Crippen LogP contribution is -2.24. The Labute approximate surface area is 192 Å². The number of aromatic hydroxyl groups is 1. The molecule has 0 aliphatic heterocycles. The van der Waals surface area contributed by atoms with Crippen molar-refractivity contribution in [3.8, 4) is 11.4 Å². The first-order chi connectivity index (χ1) is 15.5. The van der Waals surface area contributed by atoms with Crippen molar-refractivity contribution in [2.45, 2.75) is 5.16 Å². The van der Waals surface area contributed by atoms with E-state index in [4.69, 9.17) is 11.6 Å². The highest BCUT2D eigenvalue weighted by Gasteiger charge is 2.14. The molecule has 3 aromatic carbocycles. The van der Waals surface area contributed by atoms with Gasteiger partial charge >= 0.3 is 0 Å². The summed E-state index contributed by atoms with van der Waals surface area (Å²) in [6.45, 7) is 0. The number of hydrazone groups is 1. The number of hydrogen-bond donors (Lipinski definition) is 2. The number of carbonyl (C=O) groups is 1. The Hall–Kier alpha value is -3.62. The second-order valence-corrected chi connectivity index (χ2v) is 8.05. The topological polar surface area (TPSA) is 96.6 Å². The Morgan fingerprint density at radius 2 is 1.81 bits per heavy atom. The first-order valence-corrected chi connectivity index (χ1v) is 10.9. The van der Waals surface area contributed by atoms with Crippen molar-refractivity contribution in [3.63, 3.8) is 0 Å². The van der Waals surface area contributed by atoms with Gasteiger partial charge in [-0.2, -0.15) is 5.10 Å². The monoisotopic (exact) mass is 464 g/mol. The molecule has 4 rings (SSSR count). The van der Waals surface area contributed by atoms with Gasteiger partial charge in [0, 0.05) is 10.6 Å². The van der Waals surface area contributed by atoms with Gasteiger partial charge in [-0.15, -0.1) is 0 Å². The summed E-state index contributed by atoms with van der Waals surface area (Å²) in [5.41, 5.74) is 3.80. The van der Waals surface area contributed by atoms with Crippen LogP contribution in [0.4, 0.5) is 0 Å². The summed E-state index contributed by atoms with van der Waals surface area (Å²) >= 11 is 7.10. The normalized spacial score (nSPS) is 11.2. The third-order valence-electron chi connectivity index (χ3n) is 4.49. The number of thioether (sulfide) groups is 1. The number of para-hydroxylation sites is 2. The molecule has 0 saturated heterocycles. The Bertz CT molecular complexity index is 1370. The fourth-order valence-corrected chi connectivity index (χ4v) is 3.89. The van der Waals surface area contributed by atoms with E-state index in [1.165, 1.54) is 16.8 Å². The van der Waals surface area contributed by atoms with E-state index in [0.29, 0.717) is 32.3 Å². The molecule has 2 N–H and O–H groups in total. The number of rotatable bonds is 6. The van der Waals surface area contributed by atoms with Gasteiger partial charge in [0.05, 0.1) is 28.6 Å². The van der Waals surface area contributed by atoms with E-state index in [0.717, 1.165) is 11.8 Å². The molecular weight excluding hydrogens is 448 g/mol. The fraction of sp³-hybridized carbons (Fsp3) is 0.0435. The minimum absolute atomic E-state index is 0.0174. The van der Waals surface area contributed by atoms with E-state index in [1.54, 1.807) is 66.7 Å². The second-order valence-electron chi connectivity index (χ2n) is 6.67. The smallest absolute Gasteiger partial charge is 0.266 e. The van der Waals surface area contributed by atoms with Crippen LogP contribution >= 0.6 is 23.4 Å². The summed E-state index contributed by atoms with van der Waals surface area (Å²) in [6, 6.07) is 20.5. The van der Waals surface area contributed by atoms with Gasteiger partial charge in [0.2, 0.25) is 0 Å². The van der Waals surface area contributed by atoms with Gasteiger partial charge in [0.25, 0.3) is 11.5 Å². The average molecular weight is 465 g/mol. The molecule has 4 aromatic rings. The quantitative estimate of drug-likeness (QED) is 0.195. The number of halogens is 1. The summed E-state index contributed by atoms with van der Waals surface area (Å²) in [5.74, 6) is -0.338. The lowest BCUT2D eigenvalue weighted by molar-refractivity contribution is -0.118. The maximum Gasteiger partial charge on any atom is 0.266 e. The van der Waals surface area contributed by atoms with Crippen LogP contribution in [0.2, 0.25) is 5.02 Å². The number of phenols is 1. The van der Waals surface area contributed by atoms with Gasteiger partial charge in [-0.1, -0.05) is 47.6 Å². The van der Waals surface area contributed by atoms with Crippen LogP contribution in [-0.4, -0.2) is 32.5 Å². The minimum Gasteiger partial charge on any atom is -0.507 e. The maximum atomic E-state index is 13.2. The second kappa shape index (κ2) is 9.67. The van der Waals surface area contributed by atoms with E-state index < -0.39 is 0 Å². The SMILES string of the molecule is O=C(CSc1nc2ccccc2c(=O)n1-c1ccc(Cl)cc1)N/N=C\c1ccccc1O. The number of nitrogens with one attached hydrogen (secondary N) is 1. The molecular formula is C23H17ClN4O3S. The first kappa shape index (κ1) is 21.6. The Morgan fingerprint density at radius 3 is 2.59 bits per heavy atom. The number of fused-ring (bicyclic) bond motifs is 1. The Balaban J connectivity index is 1.57. The van der Waals surface area contributed by atoms with Crippen LogP contribution < -0.4 is 11.0 Å². The predicted molar refractivity (Wildman–Crippen MR) is 127 cm³/mol. The van der Waals surface area contributed by atoms with Gasteiger partial charge in [-0.05, 0) is 48.5 Å². The number of amides is 1. The molecule has 0 unspecified atom stereocenters. The maximum absolute atomic E-state index is 13.2. The molecule has 9 heteroatoms. The summed E-state index contributed by atoms with van der Waals surface area (Å²) in [5, 5.41) is 15.0. The Kier molecular flexibility index (Phi) is 6.53. The lowest BCUT2D eigenvalue weighted by atomic mass is 10.2. The molecule has 7 nitrogen and oxygen atoms in total. The Morgan fingerprint density at radius 1 is 1.09 bits per heavy atom. The fourth-order valence-electron chi connectivity index (χ4n) is 2.96. The number of aromatic nitrogens is 2. The van der Waals surface area contributed by atoms with Crippen LogP contribution in [0.1, 0.15) is 5.56 Å². The molecule has 32 heavy (non-hydrogen) atoms. The molecule has 0 aliphatic carbocycles. The highest BCUT2D eigenvalue weighted by Crippen LogP contribution is 2.22. The van der Waals surface area contributed by atoms with Crippen molar-refractivity contribution in [3.05, 3.63) is 93.7 Å². The van der Waals surface area contributed by atoms with Crippen LogP contribution in [-0.2, 0) is 4.79 Å². The van der Waals surface area contributed by atoms with Gasteiger partial charge in [0.1, 0.15) is 5.75 Å². The van der Waals surface area contributed by atoms with Crippen LogP contribution in [0, 0.1) is 0 Å². The third kappa shape index (κ3) is 4.82. The molecule has 0 fully saturated rings. The molecule has 0 spiro atoms. The predicted octanol–water partition coefficient (Wildman–Crippen LogP) is 3.99. The highest BCUT2D eigenvalue weighted by atomic mass is 35.5. The van der Waals surface area contributed by atoms with Gasteiger partial charge in [0.15, 0.2) is 5.16 Å². The molecule has 1 amide bonds. The van der Waals surface area contributed by atoms with Crippen molar-refractivity contribution < 1.29 is 9.90 Å². The van der Waals surface area contributed by atoms with Crippen molar-refractivity contribution in [2.75, 3.05) is 5.75 Å². The van der Waals surface area contributed by atoms with E-state index in [1.807, 2.05) is 0 Å². The number of carbonyl (C=O) groups excluding carboxylic acids is 1. The standard InChI is InChI=1S/C23H17ClN4O3S/c24-16-9-11-17(12-10-16)28-22(31)18-6-2-3-7-19(18)26-23(28)32-14-21(30)27-25-13-15-5-1-4-8-20(15)29/h1-13,29H,14H2,(H,27,30)/b25-13-. The van der Waals surface area contributed by atoms with Crippen LogP contribution in [0.5, 0.6) is 5.75 Å². The first-order valence-electron chi connectivity index (χ1n) is 9.53. The summed E-state index contributed by atoms with van der Waals surface area (Å²) < 4.78 is 1.46. The molecule has 1 heterocycles. The van der Waals surface area contributed by atoms with Crippen LogP contribution in [0.3, 0.4) is 0 Å². The molecule has 0 aliphatic rings. The van der Waals surface area contributed by atoms with E-state index >= 15 is 0 Å². The highest BCUT2D eigenvalue weighted by molar-refractivity contribution is 7.99. The van der Waals surface area contributed by atoms with Gasteiger partial charge in [-0.3, -0.25) is 14.2 Å². The molecule has 0 bridgehead atoms. The van der Waals surface area contributed by atoms with Crippen molar-refractivity contribution in [1.29, 1.82) is 0 Å². The van der Waals surface area contributed by atoms with Crippen LogP contribution in [0.25, 0.3) is 16.6 Å². The molecule has 0 atom stereocenters. The zero-order chi connectivity index (χ0) is 22.5. The van der Waals surface area contributed by atoms with Gasteiger partial charge in [-0.25, -0.2) is 10.4 Å². The summed E-state index contributed by atoms with van der Waals surface area (Å²) in [4.78, 5) is 30.0. The van der Waals surface area contributed by atoms with Crippen molar-refractivity contribution >= 4 is 46.4 Å². The number of benzene rings is 3. The zero-order valence-electron chi connectivity index (χ0n) is 16.6. The van der Waals surface area contributed by atoms with Gasteiger partial charge < -0.3 is 5.11 Å². The zero-order valence-corrected chi connectivity index (χ0v) is 18.2. The van der Waals surface area contributed by atoms with E-state index in [9.17, 15) is 14.7 Å². The average Bonchev–Trinajstić information content (AvgIpc) is 2.80. The molecule has 1 aromatic heterocycles. The molecule has 0 saturated carbocycles. The van der Waals surface area contributed by atoms with Crippen molar-refractivity contribution in [1.82, 2.24) is 15.0 Å². The minimum atomic E-state index is -0.383. The van der Waals surface area contributed by atoms with Crippen molar-refractivity contribution in [2.24, 2.45) is 5.10 Å². The molecule has 160 valence electrons. The van der Waals surface area contributed by atoms with E-state index in [-0.39, 0.29) is 23.0 Å². The lowest BCUT2D eigenvalue weighted by Gasteiger charge is -2.13. The summed E-state index contributed by atoms with van der Waals surface area (Å²) in [7, 11) is 0. The number of hydrogen-bond acceptors (Lipinski definition) is 6. The van der Waals surface area contributed by atoms with Crippen LogP contribution in [0.15, 0.2) is 87.8 Å². The van der Waals surface area contributed by atoms with E-state index in [2.05, 4.69) is 15.5 Å². The summed E-state index contributed by atoms with van der Waals surface area (Å²) in [6.07, 6.45) is 1.36. The number of phenolic OH excluding ortho intramolecular Hbond substituents is 1.